The number of carbonyl (C=O) groups is 2. The number of hydrogen-bond acceptors (Lipinski definition) is 6. The molecule has 0 aromatic heterocycles. The van der Waals surface area contributed by atoms with Gasteiger partial charge in [0, 0.05) is 0 Å². The molecule has 0 atom stereocenters. The molecule has 4 rings (SSSR count). The van der Waals surface area contributed by atoms with Crippen molar-refractivity contribution in [2.24, 2.45) is 4.99 Å². The van der Waals surface area contributed by atoms with Crippen LogP contribution in [0.3, 0.4) is 0 Å². The lowest BCUT2D eigenvalue weighted by atomic mass is 10.1. The van der Waals surface area contributed by atoms with Gasteiger partial charge in [0.25, 0.3) is 5.91 Å². The summed E-state index contributed by atoms with van der Waals surface area (Å²) in [4.78, 5) is 31.2. The maximum atomic E-state index is 13.4. The third kappa shape index (κ3) is 6.30. The minimum Gasteiger partial charge on any atom is -0.493 e. The highest BCUT2D eigenvalue weighted by atomic mass is 32.2. The zero-order valence-electron chi connectivity index (χ0n) is 19.1. The first-order chi connectivity index (χ1) is 17.0. The quantitative estimate of drug-likeness (QED) is 0.434. The van der Waals surface area contributed by atoms with Crippen LogP contribution >= 0.6 is 11.8 Å². The molecular weight excluding hydrogens is 464 g/mol. The lowest BCUT2D eigenvalue weighted by Crippen LogP contribution is -2.28. The number of rotatable bonds is 9. The number of carboxylic acid groups (broad SMARTS) is 1. The molecule has 1 N–H and O–H groups in total. The molecule has 1 heterocycles. The SMILES string of the molecule is COc1cc(/C=C2/SC(=NCc3ccccc3)N(Cc3ccccc3)C2=O)ccc1OCC(=O)O. The first-order valence-electron chi connectivity index (χ1n) is 10.9. The van der Waals surface area contributed by atoms with Crippen LogP contribution in [0.5, 0.6) is 11.5 Å². The van der Waals surface area contributed by atoms with Gasteiger partial charge < -0.3 is 14.6 Å². The molecule has 7 nitrogen and oxygen atoms in total. The summed E-state index contributed by atoms with van der Waals surface area (Å²) in [6, 6.07) is 24.8. The van der Waals surface area contributed by atoms with E-state index in [-0.39, 0.29) is 5.91 Å². The van der Waals surface area contributed by atoms with Crippen LogP contribution in [0.25, 0.3) is 6.08 Å². The zero-order valence-corrected chi connectivity index (χ0v) is 19.9. The molecule has 1 fully saturated rings. The Hall–Kier alpha value is -4.04. The monoisotopic (exact) mass is 488 g/mol. The highest BCUT2D eigenvalue weighted by Crippen LogP contribution is 2.35. The molecule has 1 amide bonds. The number of amides is 1. The Balaban J connectivity index is 1.61. The Morgan fingerprint density at radius 1 is 1.00 bits per heavy atom. The Labute approximate surface area is 207 Å². The van der Waals surface area contributed by atoms with E-state index in [0.29, 0.717) is 34.7 Å². The van der Waals surface area contributed by atoms with Crippen LogP contribution < -0.4 is 9.47 Å². The number of aliphatic carboxylic acids is 1. The highest BCUT2D eigenvalue weighted by molar-refractivity contribution is 8.18. The number of ether oxygens (including phenoxy) is 2. The number of amidine groups is 1. The van der Waals surface area contributed by atoms with Crippen LogP contribution in [0.2, 0.25) is 0 Å². The summed E-state index contributed by atoms with van der Waals surface area (Å²) >= 11 is 1.33. The van der Waals surface area contributed by atoms with Crippen molar-refractivity contribution >= 4 is 34.9 Å². The minimum absolute atomic E-state index is 0.129. The molecular formula is C27H24N2O5S. The van der Waals surface area contributed by atoms with Crippen molar-refractivity contribution in [2.45, 2.75) is 13.1 Å². The highest BCUT2D eigenvalue weighted by Gasteiger charge is 2.33. The summed E-state index contributed by atoms with van der Waals surface area (Å²) in [6.07, 6.45) is 1.78. The van der Waals surface area contributed by atoms with Crippen LogP contribution in [-0.4, -0.2) is 40.8 Å². The molecule has 0 bridgehead atoms. The largest absolute Gasteiger partial charge is 0.493 e. The van der Waals surface area contributed by atoms with Crippen molar-refractivity contribution in [2.75, 3.05) is 13.7 Å². The van der Waals surface area contributed by atoms with E-state index in [4.69, 9.17) is 19.6 Å². The Kier molecular flexibility index (Phi) is 7.84. The number of carboxylic acids is 1. The molecule has 3 aromatic rings. The van der Waals surface area contributed by atoms with Gasteiger partial charge >= 0.3 is 5.97 Å². The summed E-state index contributed by atoms with van der Waals surface area (Å²) in [6.45, 7) is 0.419. The molecule has 35 heavy (non-hydrogen) atoms. The summed E-state index contributed by atoms with van der Waals surface area (Å²) in [5.74, 6) is -0.503. The second-order valence-corrected chi connectivity index (χ2v) is 8.67. The van der Waals surface area contributed by atoms with Crippen molar-refractivity contribution in [1.29, 1.82) is 0 Å². The van der Waals surface area contributed by atoms with Crippen molar-refractivity contribution in [3.63, 3.8) is 0 Å². The van der Waals surface area contributed by atoms with Crippen LogP contribution in [0.4, 0.5) is 0 Å². The van der Waals surface area contributed by atoms with E-state index < -0.39 is 12.6 Å². The van der Waals surface area contributed by atoms with Gasteiger partial charge in [0.05, 0.1) is 25.1 Å². The summed E-state index contributed by atoms with van der Waals surface area (Å²) in [7, 11) is 1.48. The van der Waals surface area contributed by atoms with Crippen molar-refractivity contribution in [3.05, 3.63) is 100 Å². The van der Waals surface area contributed by atoms with E-state index in [1.165, 1.54) is 18.9 Å². The van der Waals surface area contributed by atoms with Gasteiger partial charge in [-0.3, -0.25) is 14.7 Å². The summed E-state index contributed by atoms with van der Waals surface area (Å²) < 4.78 is 10.6. The molecule has 0 radical (unpaired) electrons. The first kappa shape index (κ1) is 24.1. The van der Waals surface area contributed by atoms with Gasteiger partial charge in [-0.25, -0.2) is 4.79 Å². The summed E-state index contributed by atoms with van der Waals surface area (Å²) in [5, 5.41) is 9.49. The summed E-state index contributed by atoms with van der Waals surface area (Å²) in [5.41, 5.74) is 2.80. The van der Waals surface area contributed by atoms with Gasteiger partial charge in [0.15, 0.2) is 23.3 Å². The van der Waals surface area contributed by atoms with Gasteiger partial charge in [0.1, 0.15) is 0 Å². The molecule has 1 aliphatic rings. The average molecular weight is 489 g/mol. The van der Waals surface area contributed by atoms with E-state index in [9.17, 15) is 9.59 Å². The number of thioether (sulfide) groups is 1. The third-order valence-electron chi connectivity index (χ3n) is 5.15. The van der Waals surface area contributed by atoms with Crippen molar-refractivity contribution in [3.8, 4) is 11.5 Å². The van der Waals surface area contributed by atoms with Crippen LogP contribution in [0.1, 0.15) is 16.7 Å². The molecule has 8 heteroatoms. The maximum absolute atomic E-state index is 13.4. The van der Waals surface area contributed by atoms with E-state index in [1.807, 2.05) is 60.7 Å². The number of aliphatic imine (C=N–C) groups is 1. The molecule has 0 spiro atoms. The zero-order chi connectivity index (χ0) is 24.6. The van der Waals surface area contributed by atoms with Crippen molar-refractivity contribution < 1.29 is 24.2 Å². The lowest BCUT2D eigenvalue weighted by molar-refractivity contribution is -0.139. The van der Waals surface area contributed by atoms with Gasteiger partial charge in [0.2, 0.25) is 0 Å². The normalized spacial score (nSPS) is 15.6. The molecule has 3 aromatic carbocycles. The smallest absolute Gasteiger partial charge is 0.341 e. The number of methoxy groups -OCH3 is 1. The standard InChI is InChI=1S/C27H24N2O5S/c1-33-23-14-21(12-13-22(23)34-18-25(30)31)15-24-26(32)29(17-20-10-6-3-7-11-20)27(35-24)28-16-19-8-4-2-5-9-19/h2-15H,16-18H2,1H3,(H,30,31)/b24-15+,28-27?. The van der Waals surface area contributed by atoms with Crippen LogP contribution in [0.15, 0.2) is 88.8 Å². The predicted octanol–water partition coefficient (Wildman–Crippen LogP) is 4.83. The number of benzene rings is 3. The maximum Gasteiger partial charge on any atom is 0.341 e. The molecule has 0 saturated carbocycles. The Morgan fingerprint density at radius 3 is 2.34 bits per heavy atom. The molecule has 178 valence electrons. The third-order valence-corrected chi connectivity index (χ3v) is 6.19. The molecule has 1 aliphatic heterocycles. The van der Waals surface area contributed by atoms with Gasteiger partial charge in [-0.05, 0) is 46.7 Å². The molecule has 1 saturated heterocycles. The van der Waals surface area contributed by atoms with E-state index >= 15 is 0 Å². The fraction of sp³-hybridized carbons (Fsp3) is 0.148. The topological polar surface area (TPSA) is 88.4 Å². The minimum atomic E-state index is -1.08. The fourth-order valence-electron chi connectivity index (χ4n) is 3.46. The molecule has 0 aliphatic carbocycles. The number of nitrogens with zero attached hydrogens (tertiary/aromatic N) is 2. The second-order valence-electron chi connectivity index (χ2n) is 7.66. The van der Waals surface area contributed by atoms with Gasteiger partial charge in [-0.2, -0.15) is 0 Å². The fourth-order valence-corrected chi connectivity index (χ4v) is 4.43. The van der Waals surface area contributed by atoms with Crippen LogP contribution in [0, 0.1) is 0 Å². The second kappa shape index (κ2) is 11.4. The van der Waals surface area contributed by atoms with Gasteiger partial charge in [-0.1, -0.05) is 66.7 Å². The van der Waals surface area contributed by atoms with Crippen LogP contribution in [-0.2, 0) is 22.7 Å². The van der Waals surface area contributed by atoms with E-state index in [1.54, 1.807) is 29.2 Å². The van der Waals surface area contributed by atoms with Crippen molar-refractivity contribution in [1.82, 2.24) is 4.90 Å². The lowest BCUT2D eigenvalue weighted by Gasteiger charge is -2.15. The van der Waals surface area contributed by atoms with E-state index in [0.717, 1.165) is 16.7 Å². The molecule has 0 unspecified atom stereocenters. The number of hydrogen-bond donors (Lipinski definition) is 1. The predicted molar refractivity (Wildman–Crippen MR) is 136 cm³/mol. The van der Waals surface area contributed by atoms with Gasteiger partial charge in [-0.15, -0.1) is 0 Å². The number of carbonyl (C=O) groups excluding carboxylic acids is 1. The first-order valence-corrected chi connectivity index (χ1v) is 11.7. The Bertz CT molecular complexity index is 1260. The Morgan fingerprint density at radius 2 is 1.69 bits per heavy atom. The van der Waals surface area contributed by atoms with E-state index in [2.05, 4.69) is 0 Å². The average Bonchev–Trinajstić information content (AvgIpc) is 3.16.